The number of nitro groups is 2. The fourth-order valence-corrected chi connectivity index (χ4v) is 3.58. The Kier molecular flexibility index (Phi) is 5.42. The van der Waals surface area contributed by atoms with E-state index in [2.05, 4.69) is 15.3 Å². The highest BCUT2D eigenvalue weighted by Gasteiger charge is 2.39. The lowest BCUT2D eigenvalue weighted by Gasteiger charge is -2.17. The van der Waals surface area contributed by atoms with Crippen molar-refractivity contribution in [3.63, 3.8) is 0 Å². The largest absolute Gasteiger partial charge is 0.418 e. The van der Waals surface area contributed by atoms with Gasteiger partial charge in [0.05, 0.1) is 32.0 Å². The summed E-state index contributed by atoms with van der Waals surface area (Å²) in [5.74, 6) is 0. The average Bonchev–Trinajstić information content (AvgIpc) is 2.77. The zero-order valence-corrected chi connectivity index (χ0v) is 16.8. The minimum Gasteiger partial charge on any atom is -0.343 e. The van der Waals surface area contributed by atoms with Crippen molar-refractivity contribution in [1.82, 2.24) is 9.97 Å². The standard InChI is InChI=1S/C20H9F6N5O4/c21-19(22,23)11-7-13(30(32)33)17(9-3-1-5-27-15(9)11)29-18-10-4-2-6-28-16(10)12(20(24,25)26)8-14(18)31(34)35/h1-8,29H. The first-order chi connectivity index (χ1) is 16.3. The van der Waals surface area contributed by atoms with E-state index in [-0.39, 0.29) is 12.1 Å². The molecule has 0 aliphatic heterocycles. The maximum atomic E-state index is 13.6. The van der Waals surface area contributed by atoms with Crippen molar-refractivity contribution in [2.45, 2.75) is 12.4 Å². The van der Waals surface area contributed by atoms with Gasteiger partial charge in [0, 0.05) is 35.3 Å². The van der Waals surface area contributed by atoms with Gasteiger partial charge in [-0.15, -0.1) is 0 Å². The summed E-state index contributed by atoms with van der Waals surface area (Å²) >= 11 is 0. The molecule has 2 aromatic carbocycles. The fraction of sp³-hybridized carbons (Fsp3) is 0.100. The monoisotopic (exact) mass is 497 g/mol. The van der Waals surface area contributed by atoms with Gasteiger partial charge in [0.15, 0.2) is 0 Å². The molecule has 2 heterocycles. The number of hydrogen-bond acceptors (Lipinski definition) is 7. The molecular formula is C20H9F6N5O4. The van der Waals surface area contributed by atoms with E-state index in [4.69, 9.17) is 0 Å². The highest BCUT2D eigenvalue weighted by molar-refractivity contribution is 6.06. The number of nitrogens with one attached hydrogen (secondary N) is 1. The normalized spacial score (nSPS) is 12.2. The number of anilines is 2. The average molecular weight is 497 g/mol. The summed E-state index contributed by atoms with van der Waals surface area (Å²) in [5, 5.41) is 24.9. The number of rotatable bonds is 4. The number of hydrogen-bond donors (Lipinski definition) is 1. The van der Waals surface area contributed by atoms with Crippen molar-refractivity contribution < 1.29 is 36.2 Å². The van der Waals surface area contributed by atoms with Crippen LogP contribution in [0, 0.1) is 20.2 Å². The van der Waals surface area contributed by atoms with Gasteiger partial charge in [-0.05, 0) is 24.3 Å². The highest BCUT2D eigenvalue weighted by atomic mass is 19.4. The Morgan fingerprint density at radius 1 is 0.714 bits per heavy atom. The van der Waals surface area contributed by atoms with Gasteiger partial charge in [-0.2, -0.15) is 26.3 Å². The molecule has 0 fully saturated rings. The molecule has 1 N–H and O–H groups in total. The zero-order valence-electron chi connectivity index (χ0n) is 16.8. The van der Waals surface area contributed by atoms with Crippen molar-refractivity contribution in [1.29, 1.82) is 0 Å². The van der Waals surface area contributed by atoms with Gasteiger partial charge >= 0.3 is 12.4 Å². The van der Waals surface area contributed by atoms with Crippen LogP contribution in [0.5, 0.6) is 0 Å². The van der Waals surface area contributed by atoms with Crippen LogP contribution in [0.15, 0.2) is 48.8 Å². The minimum absolute atomic E-state index is 0.202. The number of fused-ring (bicyclic) bond motifs is 2. The number of nitrogens with zero attached hydrogens (tertiary/aromatic N) is 4. The maximum absolute atomic E-state index is 13.6. The van der Waals surface area contributed by atoms with Crippen LogP contribution in [0.1, 0.15) is 11.1 Å². The third-order valence-electron chi connectivity index (χ3n) is 4.99. The molecule has 0 aliphatic rings. The Balaban J connectivity index is 2.11. The van der Waals surface area contributed by atoms with Crippen LogP contribution in [0.2, 0.25) is 0 Å². The minimum atomic E-state index is -5.03. The van der Waals surface area contributed by atoms with E-state index < -0.39 is 77.9 Å². The Morgan fingerprint density at radius 2 is 1.09 bits per heavy atom. The quantitative estimate of drug-likeness (QED) is 0.197. The number of alkyl halides is 6. The molecule has 180 valence electrons. The molecule has 35 heavy (non-hydrogen) atoms. The molecule has 0 saturated heterocycles. The number of benzene rings is 2. The van der Waals surface area contributed by atoms with Gasteiger partial charge in [-0.1, -0.05) is 0 Å². The summed E-state index contributed by atoms with van der Waals surface area (Å²) in [6, 6.07) is 4.88. The van der Waals surface area contributed by atoms with Gasteiger partial charge in [0.25, 0.3) is 11.4 Å². The molecule has 0 unspecified atom stereocenters. The van der Waals surface area contributed by atoms with E-state index in [0.717, 1.165) is 24.5 Å². The van der Waals surface area contributed by atoms with Gasteiger partial charge < -0.3 is 5.32 Å². The van der Waals surface area contributed by atoms with Crippen LogP contribution in [-0.2, 0) is 12.4 Å². The summed E-state index contributed by atoms with van der Waals surface area (Å²) in [5.41, 5.74) is -7.76. The van der Waals surface area contributed by atoms with E-state index >= 15 is 0 Å². The zero-order chi connectivity index (χ0) is 25.7. The van der Waals surface area contributed by atoms with Crippen LogP contribution in [0.3, 0.4) is 0 Å². The van der Waals surface area contributed by atoms with E-state index in [0.29, 0.717) is 0 Å². The summed E-state index contributed by atoms with van der Waals surface area (Å²) in [6.07, 6.45) is -8.06. The lowest BCUT2D eigenvalue weighted by molar-refractivity contribution is -0.384. The summed E-state index contributed by atoms with van der Waals surface area (Å²) in [6.45, 7) is 0. The molecule has 0 spiro atoms. The Bertz CT molecular complexity index is 1410. The molecular weight excluding hydrogens is 488 g/mol. The number of pyridine rings is 2. The molecule has 0 aliphatic carbocycles. The summed E-state index contributed by atoms with van der Waals surface area (Å²) in [4.78, 5) is 28.3. The molecule has 0 bridgehead atoms. The van der Waals surface area contributed by atoms with Crippen LogP contribution in [-0.4, -0.2) is 19.8 Å². The molecule has 0 amide bonds. The van der Waals surface area contributed by atoms with Gasteiger partial charge in [-0.3, -0.25) is 30.2 Å². The van der Waals surface area contributed by atoms with Crippen LogP contribution in [0.4, 0.5) is 49.1 Å². The summed E-state index contributed by atoms with van der Waals surface area (Å²) < 4.78 is 81.4. The number of halogens is 6. The van der Waals surface area contributed by atoms with Crippen molar-refractivity contribution in [3.8, 4) is 0 Å². The first-order valence-electron chi connectivity index (χ1n) is 9.34. The first-order valence-corrected chi connectivity index (χ1v) is 9.34. The van der Waals surface area contributed by atoms with E-state index in [1.165, 1.54) is 12.1 Å². The Morgan fingerprint density at radius 3 is 1.40 bits per heavy atom. The first kappa shape index (κ1) is 23.6. The molecule has 2 aromatic heterocycles. The molecule has 0 atom stereocenters. The predicted molar refractivity (Wildman–Crippen MR) is 110 cm³/mol. The van der Waals surface area contributed by atoms with Gasteiger partial charge in [0.1, 0.15) is 11.4 Å². The van der Waals surface area contributed by atoms with Crippen molar-refractivity contribution in [2.75, 3.05) is 5.32 Å². The SMILES string of the molecule is O=[N+]([O-])c1cc(C(F)(F)F)c2ncccc2c1Nc1c([N+](=O)[O-])cc(C(F)(F)F)c2ncccc12. The van der Waals surface area contributed by atoms with Crippen LogP contribution < -0.4 is 5.32 Å². The molecule has 0 saturated carbocycles. The molecule has 4 rings (SSSR count). The molecule has 9 nitrogen and oxygen atoms in total. The summed E-state index contributed by atoms with van der Waals surface area (Å²) in [7, 11) is 0. The van der Waals surface area contributed by atoms with Crippen LogP contribution >= 0.6 is 0 Å². The van der Waals surface area contributed by atoms with E-state index in [1.54, 1.807) is 0 Å². The van der Waals surface area contributed by atoms with Crippen molar-refractivity contribution >= 4 is 44.6 Å². The second kappa shape index (κ2) is 8.03. The van der Waals surface area contributed by atoms with Crippen molar-refractivity contribution in [2.24, 2.45) is 0 Å². The second-order valence-corrected chi connectivity index (χ2v) is 7.07. The van der Waals surface area contributed by atoms with Gasteiger partial charge in [-0.25, -0.2) is 0 Å². The topological polar surface area (TPSA) is 124 Å². The smallest absolute Gasteiger partial charge is 0.343 e. The predicted octanol–water partition coefficient (Wildman–Crippen LogP) is 6.38. The fourth-order valence-electron chi connectivity index (χ4n) is 3.58. The molecule has 0 radical (unpaired) electrons. The Labute approximate surface area is 189 Å². The molecule has 15 heteroatoms. The third kappa shape index (κ3) is 4.11. The van der Waals surface area contributed by atoms with Gasteiger partial charge in [0.2, 0.25) is 0 Å². The van der Waals surface area contributed by atoms with Crippen LogP contribution in [0.25, 0.3) is 21.8 Å². The number of nitro benzene ring substituents is 2. The lowest BCUT2D eigenvalue weighted by atomic mass is 10.0. The van der Waals surface area contributed by atoms with Crippen molar-refractivity contribution in [3.05, 3.63) is 80.1 Å². The highest BCUT2D eigenvalue weighted by Crippen LogP contribution is 2.47. The number of aromatic nitrogens is 2. The molecule has 4 aromatic rings. The third-order valence-corrected chi connectivity index (χ3v) is 4.99. The maximum Gasteiger partial charge on any atom is 0.418 e. The second-order valence-electron chi connectivity index (χ2n) is 7.07. The lowest BCUT2D eigenvalue weighted by Crippen LogP contribution is -2.11. The van der Waals surface area contributed by atoms with E-state index in [1.807, 2.05) is 0 Å². The Hall–Kier alpha value is -4.56. The van der Waals surface area contributed by atoms with E-state index in [9.17, 15) is 46.6 Å².